The molecule has 0 radical (unpaired) electrons. The molecule has 1 fully saturated rings. The number of fused-ring (bicyclic) bond motifs is 1. The normalized spacial score (nSPS) is 20.1. The second kappa shape index (κ2) is 9.32. The van der Waals surface area contributed by atoms with Crippen molar-refractivity contribution in [2.75, 3.05) is 7.11 Å². The molecule has 1 aromatic heterocycles. The molecule has 0 spiro atoms. The van der Waals surface area contributed by atoms with Gasteiger partial charge in [0.05, 0.1) is 18.8 Å². The Labute approximate surface area is 153 Å². The van der Waals surface area contributed by atoms with Crippen molar-refractivity contribution in [3.63, 3.8) is 0 Å². The zero-order chi connectivity index (χ0) is 15.5. The lowest BCUT2D eigenvalue weighted by Gasteiger charge is -2.27. The molecule has 134 valence electrons. The van der Waals surface area contributed by atoms with Crippen LogP contribution < -0.4 is 15.8 Å². The molecule has 1 aliphatic carbocycles. The summed E-state index contributed by atoms with van der Waals surface area (Å²) in [6, 6.07) is 3.77. The molecule has 1 aromatic carbocycles. The van der Waals surface area contributed by atoms with Crippen molar-refractivity contribution >= 4 is 35.8 Å². The fraction of sp³-hybridized carbons (Fsp3) is 0.500. The first-order valence-electron chi connectivity index (χ1n) is 7.64. The maximum atomic E-state index is 14.2. The smallest absolute Gasteiger partial charge is 0.232 e. The van der Waals surface area contributed by atoms with Gasteiger partial charge in [0.25, 0.3) is 0 Å². The monoisotopic (exact) mass is 376 g/mol. The molecule has 3 N–H and O–H groups in total. The Kier molecular flexibility index (Phi) is 8.09. The predicted octanol–water partition coefficient (Wildman–Crippen LogP) is 2.98. The number of benzene rings is 1. The van der Waals surface area contributed by atoms with Gasteiger partial charge in [-0.15, -0.1) is 24.8 Å². The third kappa shape index (κ3) is 4.66. The molecule has 0 saturated heterocycles. The molecule has 2 aromatic rings. The van der Waals surface area contributed by atoms with E-state index in [1.54, 1.807) is 12.3 Å². The zero-order valence-electron chi connectivity index (χ0n) is 13.5. The van der Waals surface area contributed by atoms with Gasteiger partial charge in [0.15, 0.2) is 0 Å². The van der Waals surface area contributed by atoms with Crippen molar-refractivity contribution in [1.82, 2.24) is 15.3 Å². The maximum absolute atomic E-state index is 14.2. The van der Waals surface area contributed by atoms with Crippen LogP contribution >= 0.6 is 24.8 Å². The molecule has 0 aliphatic heterocycles. The number of aromatic nitrogens is 2. The lowest BCUT2D eigenvalue weighted by Crippen LogP contribution is -2.37. The number of hydrogen-bond donors (Lipinski definition) is 2. The van der Waals surface area contributed by atoms with Crippen LogP contribution in [-0.4, -0.2) is 29.2 Å². The predicted molar refractivity (Wildman–Crippen MR) is 97.6 cm³/mol. The molecule has 0 unspecified atom stereocenters. The highest BCUT2D eigenvalue weighted by molar-refractivity contribution is 5.85. The number of nitrogens with one attached hydrogen (secondary N) is 1. The van der Waals surface area contributed by atoms with Crippen molar-refractivity contribution in [3.05, 3.63) is 29.7 Å². The fourth-order valence-electron chi connectivity index (χ4n) is 2.93. The van der Waals surface area contributed by atoms with Gasteiger partial charge in [0, 0.05) is 24.2 Å². The minimum atomic E-state index is -0.268. The summed E-state index contributed by atoms with van der Waals surface area (Å²) in [5.74, 6) is 0.123. The van der Waals surface area contributed by atoms with E-state index in [0.29, 0.717) is 41.1 Å². The van der Waals surface area contributed by atoms with E-state index in [1.165, 1.54) is 13.2 Å². The van der Waals surface area contributed by atoms with Crippen molar-refractivity contribution in [1.29, 1.82) is 0 Å². The van der Waals surface area contributed by atoms with Crippen LogP contribution in [0.2, 0.25) is 0 Å². The van der Waals surface area contributed by atoms with E-state index in [4.69, 9.17) is 10.5 Å². The Morgan fingerprint density at radius 1 is 1.25 bits per heavy atom. The van der Waals surface area contributed by atoms with Crippen molar-refractivity contribution in [2.24, 2.45) is 5.73 Å². The molecule has 24 heavy (non-hydrogen) atoms. The number of halogens is 3. The summed E-state index contributed by atoms with van der Waals surface area (Å²) in [7, 11) is 1.53. The Balaban J connectivity index is 0.00000144. The number of methoxy groups -OCH3 is 1. The van der Waals surface area contributed by atoms with Crippen LogP contribution in [0.3, 0.4) is 0 Å². The van der Waals surface area contributed by atoms with Crippen LogP contribution in [0.4, 0.5) is 4.39 Å². The summed E-state index contributed by atoms with van der Waals surface area (Å²) in [6.07, 6.45) is 5.64. The van der Waals surface area contributed by atoms with Crippen LogP contribution in [0.25, 0.3) is 11.0 Å². The average molecular weight is 377 g/mol. The van der Waals surface area contributed by atoms with Gasteiger partial charge in [0.2, 0.25) is 5.88 Å². The number of ether oxygens (including phenoxy) is 1. The van der Waals surface area contributed by atoms with Crippen LogP contribution in [0, 0.1) is 5.82 Å². The van der Waals surface area contributed by atoms with E-state index >= 15 is 0 Å². The lowest BCUT2D eigenvalue weighted by atomic mass is 9.91. The molecule has 0 atom stereocenters. The second-order valence-corrected chi connectivity index (χ2v) is 5.80. The Hall–Kier alpha value is -1.21. The number of nitrogens with zero attached hydrogens (tertiary/aromatic N) is 2. The number of hydrogen-bond acceptors (Lipinski definition) is 5. The molecule has 3 rings (SSSR count). The largest absolute Gasteiger partial charge is 0.480 e. The van der Waals surface area contributed by atoms with Crippen LogP contribution in [0.15, 0.2) is 18.3 Å². The molecule has 1 heterocycles. The molecule has 8 heteroatoms. The molecule has 0 bridgehead atoms. The minimum absolute atomic E-state index is 0. The Morgan fingerprint density at radius 2 is 1.96 bits per heavy atom. The van der Waals surface area contributed by atoms with Gasteiger partial charge in [-0.2, -0.15) is 0 Å². The molecule has 1 saturated carbocycles. The molecular formula is C16H23Cl2FN4O. The van der Waals surface area contributed by atoms with Gasteiger partial charge in [-0.1, -0.05) is 0 Å². The summed E-state index contributed by atoms with van der Waals surface area (Å²) in [4.78, 5) is 8.61. The minimum Gasteiger partial charge on any atom is -0.480 e. The van der Waals surface area contributed by atoms with E-state index in [0.717, 1.165) is 25.7 Å². The first-order valence-corrected chi connectivity index (χ1v) is 7.64. The van der Waals surface area contributed by atoms with E-state index in [2.05, 4.69) is 15.3 Å². The standard InChI is InChI=1S/C16H21FN4O.2ClH/c1-22-15-9-20-14-7-6-13(17)12(16(14)21-15)8-19-11-4-2-10(18)3-5-11;;/h6-7,9-11,19H,2-5,8,18H2,1H3;2*1H. The van der Waals surface area contributed by atoms with Crippen LogP contribution in [-0.2, 0) is 6.54 Å². The first kappa shape index (κ1) is 20.8. The number of rotatable bonds is 4. The summed E-state index contributed by atoms with van der Waals surface area (Å²) in [6.45, 7) is 0.435. The molecular weight excluding hydrogens is 354 g/mol. The quantitative estimate of drug-likeness (QED) is 0.857. The number of nitrogens with two attached hydrogens (primary N) is 1. The van der Waals surface area contributed by atoms with E-state index < -0.39 is 0 Å². The van der Waals surface area contributed by atoms with Gasteiger partial charge in [0.1, 0.15) is 11.3 Å². The van der Waals surface area contributed by atoms with Crippen molar-refractivity contribution in [3.8, 4) is 5.88 Å². The van der Waals surface area contributed by atoms with Crippen LogP contribution in [0.5, 0.6) is 5.88 Å². The highest BCUT2D eigenvalue weighted by Crippen LogP contribution is 2.22. The second-order valence-electron chi connectivity index (χ2n) is 5.80. The third-order valence-corrected chi connectivity index (χ3v) is 4.29. The fourth-order valence-corrected chi connectivity index (χ4v) is 2.93. The van der Waals surface area contributed by atoms with Gasteiger partial charge < -0.3 is 15.8 Å². The van der Waals surface area contributed by atoms with E-state index in [1.807, 2.05) is 0 Å². The molecule has 1 aliphatic rings. The van der Waals surface area contributed by atoms with Gasteiger partial charge in [-0.25, -0.2) is 14.4 Å². The average Bonchev–Trinajstić information content (AvgIpc) is 2.55. The van der Waals surface area contributed by atoms with Crippen molar-refractivity contribution in [2.45, 2.75) is 44.3 Å². The summed E-state index contributed by atoms with van der Waals surface area (Å²) >= 11 is 0. The van der Waals surface area contributed by atoms with E-state index in [9.17, 15) is 4.39 Å². The highest BCUT2D eigenvalue weighted by atomic mass is 35.5. The SMILES string of the molecule is COc1cnc2ccc(F)c(CNC3CCC(N)CC3)c2n1.Cl.Cl. The summed E-state index contributed by atoms with van der Waals surface area (Å²) < 4.78 is 19.3. The Bertz CT molecular complexity index is 666. The topological polar surface area (TPSA) is 73.1 Å². The molecule has 5 nitrogen and oxygen atoms in total. The third-order valence-electron chi connectivity index (χ3n) is 4.29. The van der Waals surface area contributed by atoms with Crippen LogP contribution in [0.1, 0.15) is 31.2 Å². The van der Waals surface area contributed by atoms with Gasteiger partial charge >= 0.3 is 0 Å². The maximum Gasteiger partial charge on any atom is 0.232 e. The summed E-state index contributed by atoms with van der Waals surface area (Å²) in [5, 5.41) is 3.42. The van der Waals surface area contributed by atoms with Crippen molar-refractivity contribution < 1.29 is 9.13 Å². The highest BCUT2D eigenvalue weighted by Gasteiger charge is 2.19. The summed E-state index contributed by atoms with van der Waals surface area (Å²) in [5.41, 5.74) is 7.68. The molecule has 0 amide bonds. The van der Waals surface area contributed by atoms with E-state index in [-0.39, 0.29) is 30.6 Å². The first-order chi connectivity index (χ1) is 10.7. The van der Waals surface area contributed by atoms with Gasteiger partial charge in [-0.3, -0.25) is 0 Å². The Morgan fingerprint density at radius 3 is 2.62 bits per heavy atom. The van der Waals surface area contributed by atoms with Gasteiger partial charge in [-0.05, 0) is 37.8 Å². The zero-order valence-corrected chi connectivity index (χ0v) is 15.1. The lowest BCUT2D eigenvalue weighted by molar-refractivity contribution is 0.340.